The van der Waals surface area contributed by atoms with Crippen molar-refractivity contribution in [1.29, 1.82) is 0 Å². The number of rotatable bonds is 6. The standard InChI is InChI=1S/C23H19F3N4O4S2/c1-2-35(31,32)20-9-17(16-7-5-15(6-8-16)14-3-4-14)11-28-22(20)30-13-18-12-27-21(10-19(18)29-30)36(33,34)23(24,25)26/h5-14H,2-4H2,1H3. The third-order valence-corrected chi connectivity index (χ3v) is 9.12. The minimum Gasteiger partial charge on any atom is -0.244 e. The number of pyridine rings is 2. The van der Waals surface area contributed by atoms with Gasteiger partial charge in [-0.2, -0.15) is 18.3 Å². The van der Waals surface area contributed by atoms with Crippen LogP contribution in [0.25, 0.3) is 27.8 Å². The predicted molar refractivity (Wildman–Crippen MR) is 125 cm³/mol. The minimum absolute atomic E-state index is 0.0633. The maximum absolute atomic E-state index is 12.9. The van der Waals surface area contributed by atoms with Crippen molar-refractivity contribution in [3.63, 3.8) is 0 Å². The molecule has 4 aromatic rings. The average molecular weight is 537 g/mol. The summed E-state index contributed by atoms with van der Waals surface area (Å²) in [6.07, 6.45) is 6.06. The smallest absolute Gasteiger partial charge is 0.244 e. The van der Waals surface area contributed by atoms with E-state index in [1.54, 1.807) is 0 Å². The monoisotopic (exact) mass is 536 g/mol. The van der Waals surface area contributed by atoms with E-state index in [0.717, 1.165) is 29.3 Å². The number of fused-ring (bicyclic) bond motifs is 1. The van der Waals surface area contributed by atoms with Crippen LogP contribution in [0.15, 0.2) is 64.9 Å². The van der Waals surface area contributed by atoms with Crippen LogP contribution in [0.3, 0.4) is 0 Å². The lowest BCUT2D eigenvalue weighted by Gasteiger charge is -2.11. The Labute approximate surface area is 204 Å². The first-order valence-corrected chi connectivity index (χ1v) is 14.0. The fourth-order valence-electron chi connectivity index (χ4n) is 3.79. The molecule has 1 saturated carbocycles. The molecule has 0 amide bonds. The van der Waals surface area contributed by atoms with Crippen molar-refractivity contribution < 1.29 is 30.0 Å². The number of nitrogens with zero attached hydrogens (tertiary/aromatic N) is 4. The van der Waals surface area contributed by atoms with Crippen LogP contribution in [-0.2, 0) is 19.7 Å². The zero-order valence-electron chi connectivity index (χ0n) is 18.8. The molecule has 3 aromatic heterocycles. The molecule has 188 valence electrons. The highest BCUT2D eigenvalue weighted by atomic mass is 32.2. The summed E-state index contributed by atoms with van der Waals surface area (Å²) in [6.45, 7) is 1.48. The molecule has 1 fully saturated rings. The molecule has 1 aliphatic carbocycles. The molecule has 1 aliphatic rings. The molecule has 0 unspecified atom stereocenters. The van der Waals surface area contributed by atoms with Crippen LogP contribution in [0.1, 0.15) is 31.2 Å². The summed E-state index contributed by atoms with van der Waals surface area (Å²) in [5, 5.41) is 3.11. The minimum atomic E-state index is -5.67. The van der Waals surface area contributed by atoms with E-state index in [9.17, 15) is 30.0 Å². The number of hydrogen-bond donors (Lipinski definition) is 0. The lowest BCUT2D eigenvalue weighted by molar-refractivity contribution is -0.0438. The van der Waals surface area contributed by atoms with Gasteiger partial charge >= 0.3 is 5.51 Å². The zero-order chi connectivity index (χ0) is 25.9. The van der Waals surface area contributed by atoms with Gasteiger partial charge in [0, 0.05) is 35.6 Å². The van der Waals surface area contributed by atoms with Crippen molar-refractivity contribution in [3.8, 4) is 16.9 Å². The lowest BCUT2D eigenvalue weighted by atomic mass is 10.0. The van der Waals surface area contributed by atoms with Gasteiger partial charge < -0.3 is 0 Å². The third-order valence-electron chi connectivity index (χ3n) is 6.00. The number of hydrogen-bond acceptors (Lipinski definition) is 7. The van der Waals surface area contributed by atoms with Crippen LogP contribution in [-0.4, -0.2) is 47.8 Å². The Balaban J connectivity index is 1.60. The summed E-state index contributed by atoms with van der Waals surface area (Å²) in [4.78, 5) is 7.62. The van der Waals surface area contributed by atoms with E-state index in [2.05, 4.69) is 15.1 Å². The van der Waals surface area contributed by atoms with Crippen molar-refractivity contribution in [2.75, 3.05) is 5.75 Å². The van der Waals surface area contributed by atoms with Crippen molar-refractivity contribution in [2.45, 2.75) is 41.1 Å². The van der Waals surface area contributed by atoms with Crippen LogP contribution < -0.4 is 0 Å². The van der Waals surface area contributed by atoms with Gasteiger partial charge in [0.05, 0.1) is 11.3 Å². The maximum Gasteiger partial charge on any atom is 0.503 e. The maximum atomic E-state index is 12.9. The molecule has 0 saturated heterocycles. The van der Waals surface area contributed by atoms with Gasteiger partial charge in [0.15, 0.2) is 20.7 Å². The molecule has 8 nitrogen and oxygen atoms in total. The normalized spacial score (nSPS) is 14.9. The van der Waals surface area contributed by atoms with E-state index >= 15 is 0 Å². The Morgan fingerprint density at radius 3 is 2.28 bits per heavy atom. The Bertz CT molecular complexity index is 1690. The van der Waals surface area contributed by atoms with E-state index < -0.39 is 30.2 Å². The highest BCUT2D eigenvalue weighted by Crippen LogP contribution is 2.40. The number of alkyl halides is 3. The van der Waals surface area contributed by atoms with Crippen LogP contribution in [0, 0.1) is 0 Å². The fourth-order valence-corrected chi connectivity index (χ4v) is 5.53. The summed E-state index contributed by atoms with van der Waals surface area (Å²) in [6, 6.07) is 10.0. The number of benzene rings is 1. The molecule has 0 aliphatic heterocycles. The first-order chi connectivity index (χ1) is 16.9. The fraction of sp³-hybridized carbons (Fsp3) is 0.261. The van der Waals surface area contributed by atoms with E-state index in [0.29, 0.717) is 17.5 Å². The second-order valence-corrected chi connectivity index (χ2v) is 12.6. The van der Waals surface area contributed by atoms with E-state index in [4.69, 9.17) is 0 Å². The first kappa shape index (κ1) is 24.4. The average Bonchev–Trinajstić information content (AvgIpc) is 3.61. The summed E-state index contributed by atoms with van der Waals surface area (Å²) in [5.74, 6) is 0.291. The molecule has 5 rings (SSSR count). The molecule has 0 radical (unpaired) electrons. The quantitative estimate of drug-likeness (QED) is 0.358. The van der Waals surface area contributed by atoms with Gasteiger partial charge in [-0.3, -0.25) is 0 Å². The molecule has 0 N–H and O–H groups in total. The van der Waals surface area contributed by atoms with Gasteiger partial charge in [0.2, 0.25) is 0 Å². The topological polar surface area (TPSA) is 112 Å². The summed E-state index contributed by atoms with van der Waals surface area (Å²) in [5.41, 5.74) is -3.05. The van der Waals surface area contributed by atoms with E-state index in [-0.39, 0.29) is 27.4 Å². The second kappa shape index (κ2) is 8.37. The van der Waals surface area contributed by atoms with Crippen molar-refractivity contribution in [3.05, 3.63) is 60.6 Å². The van der Waals surface area contributed by atoms with Crippen molar-refractivity contribution >= 4 is 30.6 Å². The molecule has 1 aromatic carbocycles. The Morgan fingerprint density at radius 1 is 0.972 bits per heavy atom. The zero-order valence-corrected chi connectivity index (χ0v) is 20.4. The first-order valence-electron chi connectivity index (χ1n) is 10.9. The molecular weight excluding hydrogens is 517 g/mol. The summed E-state index contributed by atoms with van der Waals surface area (Å²) < 4.78 is 89.2. The SMILES string of the molecule is CCS(=O)(=O)c1cc(-c2ccc(C3CC3)cc2)cnc1-n1cc2cnc(S(=O)(=O)C(F)(F)F)cc2n1. The Morgan fingerprint density at radius 2 is 1.67 bits per heavy atom. The highest BCUT2D eigenvalue weighted by Gasteiger charge is 2.48. The Hall–Kier alpha value is -3.32. The predicted octanol–water partition coefficient (Wildman–Crippen LogP) is 4.45. The summed E-state index contributed by atoms with van der Waals surface area (Å²) in [7, 11) is -9.46. The molecule has 0 spiro atoms. The Kier molecular flexibility index (Phi) is 5.67. The number of aromatic nitrogens is 4. The molecule has 13 heteroatoms. The van der Waals surface area contributed by atoms with E-state index in [1.165, 1.54) is 30.9 Å². The van der Waals surface area contributed by atoms with E-state index in [1.807, 2.05) is 24.3 Å². The molecule has 0 atom stereocenters. The van der Waals surface area contributed by atoms with Gasteiger partial charge in [-0.05, 0) is 36.0 Å². The lowest BCUT2D eigenvalue weighted by Crippen LogP contribution is -2.24. The van der Waals surface area contributed by atoms with Crippen LogP contribution in [0.5, 0.6) is 0 Å². The van der Waals surface area contributed by atoms with Crippen LogP contribution in [0.2, 0.25) is 0 Å². The van der Waals surface area contributed by atoms with Gasteiger partial charge in [0.1, 0.15) is 4.90 Å². The third kappa shape index (κ3) is 4.26. The second-order valence-electron chi connectivity index (χ2n) is 8.45. The van der Waals surface area contributed by atoms with Gasteiger partial charge in [0.25, 0.3) is 9.84 Å². The van der Waals surface area contributed by atoms with Crippen LogP contribution in [0.4, 0.5) is 13.2 Å². The highest BCUT2D eigenvalue weighted by molar-refractivity contribution is 7.92. The van der Waals surface area contributed by atoms with Gasteiger partial charge in [-0.15, -0.1) is 0 Å². The number of sulfone groups is 2. The van der Waals surface area contributed by atoms with Gasteiger partial charge in [-0.1, -0.05) is 31.2 Å². The number of halogens is 3. The molecular formula is C23H19F3N4O4S2. The van der Waals surface area contributed by atoms with Crippen molar-refractivity contribution in [2.24, 2.45) is 0 Å². The molecule has 0 bridgehead atoms. The summed E-state index contributed by atoms with van der Waals surface area (Å²) >= 11 is 0. The van der Waals surface area contributed by atoms with Crippen molar-refractivity contribution in [1.82, 2.24) is 19.7 Å². The largest absolute Gasteiger partial charge is 0.503 e. The van der Waals surface area contributed by atoms with Gasteiger partial charge in [-0.25, -0.2) is 31.5 Å². The molecule has 36 heavy (non-hydrogen) atoms. The van der Waals surface area contributed by atoms with Crippen LogP contribution >= 0.6 is 0 Å². The molecule has 3 heterocycles.